The maximum absolute atomic E-state index is 11.0. The second-order valence-electron chi connectivity index (χ2n) is 4.40. The Morgan fingerprint density at radius 1 is 1.29 bits per heavy atom. The van der Waals surface area contributed by atoms with Crippen molar-refractivity contribution in [3.8, 4) is 17.6 Å². The molecule has 2 aromatic rings. The van der Waals surface area contributed by atoms with Gasteiger partial charge < -0.3 is 9.84 Å². The van der Waals surface area contributed by atoms with Gasteiger partial charge in [0.15, 0.2) is 0 Å². The Bertz CT molecular complexity index is 703. The molecular weight excluding hydrogens is 272 g/mol. The van der Waals surface area contributed by atoms with Crippen LogP contribution in [0, 0.1) is 21.4 Å². The molecule has 0 aromatic heterocycles. The second kappa shape index (κ2) is 6.03. The molecule has 106 valence electrons. The molecule has 6 nitrogen and oxygen atoms in total. The molecule has 0 aliphatic carbocycles. The molecule has 0 fully saturated rings. The highest BCUT2D eigenvalue weighted by Gasteiger charge is 2.17. The number of benzene rings is 2. The molecule has 6 heteroatoms. The number of hydrogen-bond donors (Lipinski definition) is 1. The van der Waals surface area contributed by atoms with Gasteiger partial charge in [-0.1, -0.05) is 12.1 Å². The van der Waals surface area contributed by atoms with Crippen LogP contribution in [0.3, 0.4) is 0 Å². The molecule has 0 heterocycles. The molecular formula is C15H12N2O4. The van der Waals surface area contributed by atoms with E-state index in [0.717, 1.165) is 5.56 Å². The van der Waals surface area contributed by atoms with E-state index in [9.17, 15) is 15.2 Å². The lowest BCUT2D eigenvalue weighted by Gasteiger charge is -2.08. The fourth-order valence-corrected chi connectivity index (χ4v) is 1.76. The first kappa shape index (κ1) is 14.5. The van der Waals surface area contributed by atoms with E-state index >= 15 is 0 Å². The van der Waals surface area contributed by atoms with Crippen LogP contribution in [0.1, 0.15) is 24.2 Å². The molecule has 0 saturated heterocycles. The summed E-state index contributed by atoms with van der Waals surface area (Å²) in [5, 5.41) is 29.2. The molecule has 0 saturated carbocycles. The minimum Gasteiger partial charge on any atom is -0.450 e. The van der Waals surface area contributed by atoms with Crippen LogP contribution in [0.25, 0.3) is 0 Å². The molecule has 21 heavy (non-hydrogen) atoms. The zero-order valence-electron chi connectivity index (χ0n) is 11.2. The van der Waals surface area contributed by atoms with Gasteiger partial charge in [-0.2, -0.15) is 5.26 Å². The van der Waals surface area contributed by atoms with Gasteiger partial charge in [-0.05, 0) is 36.8 Å². The van der Waals surface area contributed by atoms with E-state index in [2.05, 4.69) is 0 Å². The molecule has 0 aliphatic rings. The van der Waals surface area contributed by atoms with Gasteiger partial charge in [-0.15, -0.1) is 0 Å². The largest absolute Gasteiger partial charge is 0.450 e. The fraction of sp³-hybridized carbons (Fsp3) is 0.133. The van der Waals surface area contributed by atoms with E-state index < -0.39 is 11.0 Å². The zero-order chi connectivity index (χ0) is 15.4. The zero-order valence-corrected chi connectivity index (χ0v) is 11.2. The van der Waals surface area contributed by atoms with Crippen molar-refractivity contribution < 1.29 is 14.8 Å². The number of hydrogen-bond acceptors (Lipinski definition) is 5. The number of aliphatic hydroxyl groups is 1. The standard InChI is InChI=1S/C15H12N2O4/c1-10(18)12-3-5-13(6-4-12)21-15-7-2-11(9-16)8-14(15)17(19)20/h2-8,10,18H,1H3. The van der Waals surface area contributed by atoms with Gasteiger partial charge in [0.25, 0.3) is 0 Å². The summed E-state index contributed by atoms with van der Waals surface area (Å²) in [4.78, 5) is 10.4. The smallest absolute Gasteiger partial charge is 0.312 e. The Hall–Kier alpha value is -2.91. The second-order valence-corrected chi connectivity index (χ2v) is 4.40. The summed E-state index contributed by atoms with van der Waals surface area (Å²) in [6.45, 7) is 1.64. The van der Waals surface area contributed by atoms with Crippen molar-refractivity contribution >= 4 is 5.69 Å². The predicted molar refractivity (Wildman–Crippen MR) is 75.0 cm³/mol. The van der Waals surface area contributed by atoms with Crippen molar-refractivity contribution in [2.24, 2.45) is 0 Å². The van der Waals surface area contributed by atoms with Gasteiger partial charge in [0.05, 0.1) is 22.7 Å². The van der Waals surface area contributed by atoms with E-state index in [0.29, 0.717) is 5.75 Å². The highest BCUT2D eigenvalue weighted by molar-refractivity contribution is 5.53. The van der Waals surface area contributed by atoms with E-state index in [1.54, 1.807) is 31.2 Å². The maximum Gasteiger partial charge on any atom is 0.312 e. The molecule has 2 aromatic carbocycles. The monoisotopic (exact) mass is 284 g/mol. The number of ether oxygens (including phenoxy) is 1. The minimum absolute atomic E-state index is 0.0591. The number of rotatable bonds is 4. The van der Waals surface area contributed by atoms with Gasteiger partial charge in [-0.25, -0.2) is 0 Å². The summed E-state index contributed by atoms with van der Waals surface area (Å²) in [6, 6.07) is 12.4. The number of nitriles is 1. The van der Waals surface area contributed by atoms with Crippen molar-refractivity contribution in [3.63, 3.8) is 0 Å². The van der Waals surface area contributed by atoms with Crippen LogP contribution in [0.4, 0.5) is 5.69 Å². The lowest BCUT2D eigenvalue weighted by atomic mass is 10.1. The molecule has 0 bridgehead atoms. The summed E-state index contributed by atoms with van der Waals surface area (Å²) in [5.74, 6) is 0.469. The van der Waals surface area contributed by atoms with Gasteiger partial charge in [0, 0.05) is 6.07 Å². The first-order valence-corrected chi connectivity index (χ1v) is 6.15. The van der Waals surface area contributed by atoms with Crippen molar-refractivity contribution in [1.82, 2.24) is 0 Å². The van der Waals surface area contributed by atoms with E-state index in [4.69, 9.17) is 10.00 Å². The number of aliphatic hydroxyl groups excluding tert-OH is 1. The lowest BCUT2D eigenvalue weighted by Crippen LogP contribution is -1.95. The van der Waals surface area contributed by atoms with Crippen molar-refractivity contribution in [3.05, 3.63) is 63.7 Å². The van der Waals surface area contributed by atoms with Crippen LogP contribution >= 0.6 is 0 Å². The van der Waals surface area contributed by atoms with Gasteiger partial charge >= 0.3 is 5.69 Å². The van der Waals surface area contributed by atoms with Crippen LogP contribution < -0.4 is 4.74 Å². The molecule has 1 unspecified atom stereocenters. The molecule has 2 rings (SSSR count). The van der Waals surface area contributed by atoms with Crippen molar-refractivity contribution in [1.29, 1.82) is 5.26 Å². The average Bonchev–Trinajstić information content (AvgIpc) is 2.48. The summed E-state index contributed by atoms with van der Waals surface area (Å²) < 4.78 is 5.47. The Morgan fingerprint density at radius 2 is 1.95 bits per heavy atom. The molecule has 0 aliphatic heterocycles. The number of nitro benzene ring substituents is 1. The lowest BCUT2D eigenvalue weighted by molar-refractivity contribution is -0.385. The van der Waals surface area contributed by atoms with Crippen LogP contribution in [-0.2, 0) is 0 Å². The first-order valence-electron chi connectivity index (χ1n) is 6.15. The van der Waals surface area contributed by atoms with E-state index in [1.165, 1.54) is 18.2 Å². The van der Waals surface area contributed by atoms with E-state index in [1.807, 2.05) is 6.07 Å². The molecule has 1 atom stereocenters. The highest BCUT2D eigenvalue weighted by Crippen LogP contribution is 2.32. The molecule has 0 radical (unpaired) electrons. The van der Waals surface area contributed by atoms with Gasteiger partial charge in [-0.3, -0.25) is 10.1 Å². The Labute approximate surface area is 121 Å². The maximum atomic E-state index is 11.0. The third-order valence-corrected chi connectivity index (χ3v) is 2.88. The van der Waals surface area contributed by atoms with Crippen molar-refractivity contribution in [2.45, 2.75) is 13.0 Å². The van der Waals surface area contributed by atoms with Crippen LogP contribution in [0.15, 0.2) is 42.5 Å². The average molecular weight is 284 g/mol. The normalized spacial score (nSPS) is 11.5. The molecule has 1 N–H and O–H groups in total. The molecule has 0 spiro atoms. The minimum atomic E-state index is -0.597. The Kier molecular flexibility index (Phi) is 4.16. The third kappa shape index (κ3) is 3.35. The summed E-state index contributed by atoms with van der Waals surface area (Å²) in [5.41, 5.74) is 0.642. The highest BCUT2D eigenvalue weighted by atomic mass is 16.6. The number of nitro groups is 1. The summed E-state index contributed by atoms with van der Waals surface area (Å²) in [6.07, 6.45) is -0.594. The fourth-order valence-electron chi connectivity index (χ4n) is 1.76. The summed E-state index contributed by atoms with van der Waals surface area (Å²) >= 11 is 0. The number of nitrogens with zero attached hydrogens (tertiary/aromatic N) is 2. The van der Waals surface area contributed by atoms with Crippen LogP contribution in [0.2, 0.25) is 0 Å². The Morgan fingerprint density at radius 3 is 2.48 bits per heavy atom. The third-order valence-electron chi connectivity index (χ3n) is 2.88. The first-order chi connectivity index (χ1) is 10.0. The molecule has 0 amide bonds. The van der Waals surface area contributed by atoms with E-state index in [-0.39, 0.29) is 17.0 Å². The van der Waals surface area contributed by atoms with Crippen LogP contribution in [-0.4, -0.2) is 10.0 Å². The topological polar surface area (TPSA) is 96.4 Å². The van der Waals surface area contributed by atoms with Gasteiger partial charge in [0.2, 0.25) is 5.75 Å². The van der Waals surface area contributed by atoms with Gasteiger partial charge in [0.1, 0.15) is 5.75 Å². The quantitative estimate of drug-likeness (QED) is 0.686. The SMILES string of the molecule is CC(O)c1ccc(Oc2ccc(C#N)cc2[N+](=O)[O-])cc1. The Balaban J connectivity index is 2.31. The van der Waals surface area contributed by atoms with Crippen LogP contribution in [0.5, 0.6) is 11.5 Å². The predicted octanol–water partition coefficient (Wildman–Crippen LogP) is 3.31. The summed E-state index contributed by atoms with van der Waals surface area (Å²) in [7, 11) is 0. The van der Waals surface area contributed by atoms with Crippen molar-refractivity contribution in [2.75, 3.05) is 0 Å².